The lowest BCUT2D eigenvalue weighted by Gasteiger charge is -2.42. The molecule has 71 heavy (non-hydrogen) atoms. The van der Waals surface area contributed by atoms with Gasteiger partial charge in [0, 0.05) is 58.5 Å². The molecule has 2 bridgehead atoms. The number of amides is 2. The number of rotatable bonds is 8. The highest BCUT2D eigenvalue weighted by atomic mass is 16.6. The highest BCUT2D eigenvalue weighted by Crippen LogP contribution is 2.38. The largest absolute Gasteiger partial charge is 0.460 e. The quantitative estimate of drug-likeness (QED) is 0.102. The minimum atomic E-state index is -2.45. The maximum atomic E-state index is 14.5. The number of terminal acetylenes is 1. The molecule has 2 amide bonds. The lowest BCUT2D eigenvalue weighted by molar-refractivity contribution is -0.265. The third-order valence-electron chi connectivity index (χ3n) is 15.0. The van der Waals surface area contributed by atoms with Crippen LogP contribution in [0.2, 0.25) is 0 Å². The van der Waals surface area contributed by atoms with E-state index in [9.17, 15) is 39.0 Å². The van der Waals surface area contributed by atoms with Crippen molar-refractivity contribution < 1.29 is 67.4 Å². The van der Waals surface area contributed by atoms with Gasteiger partial charge in [0.2, 0.25) is 5.79 Å². The van der Waals surface area contributed by atoms with Crippen molar-refractivity contribution in [3.63, 3.8) is 0 Å². The number of nitrogens with one attached hydrogen (secondary N) is 1. The van der Waals surface area contributed by atoms with Crippen molar-refractivity contribution in [1.29, 1.82) is 0 Å². The summed E-state index contributed by atoms with van der Waals surface area (Å²) in [6.45, 7) is 12.7. The molecule has 3 aliphatic heterocycles. The maximum absolute atomic E-state index is 14.5. The van der Waals surface area contributed by atoms with E-state index in [-0.39, 0.29) is 49.3 Å². The van der Waals surface area contributed by atoms with Gasteiger partial charge in [-0.3, -0.25) is 19.2 Å². The van der Waals surface area contributed by atoms with Crippen molar-refractivity contribution in [2.45, 2.75) is 180 Å². The molecule has 0 radical (unpaired) electrons. The molecular formula is C55H82N2O14. The number of Topliss-reactive ketones (excluding diaryl/α,β-unsaturated/α-hetero) is 3. The number of hydrogen-bond donors (Lipinski definition) is 3. The number of cyclic esters (lactones) is 1. The SMILES string of the molecule is C#CCNC(=O)O[C@@H]1CC[C@@H](C[C@@H](C)[C@@H]2CC(=O)[C@H](C)/C=C(\C)[C@@H](O)[C@@H](OC)C(=O)[C@H](C)C[C@H](C)/C=C/C=C/C=C(\C)[C@@H](OC)C[C@@H]3CC[C@@H](C)[C@@](O)(O3)C(=O)C(=O)N3CCCC[C@H]3C(=O)O2)C[C@H]1OC. The summed E-state index contributed by atoms with van der Waals surface area (Å²) in [5, 5.41) is 26.0. The number of hydrogen-bond acceptors (Lipinski definition) is 14. The summed E-state index contributed by atoms with van der Waals surface area (Å²) in [5.41, 5.74) is 1.23. The maximum Gasteiger partial charge on any atom is 0.408 e. The highest BCUT2D eigenvalue weighted by Gasteiger charge is 2.53. The van der Waals surface area contributed by atoms with Crippen LogP contribution < -0.4 is 5.32 Å². The standard InChI is InChI=1S/C55H82N2O14/c1-12-25-56-54(64)70-44-24-22-40(30-47(44)67-10)29-36(5)46-32-43(58)35(4)28-38(7)49(60)50(68-11)48(59)37(6)27-33(2)18-14-13-15-19-34(3)45(66-9)31-41-23-21-39(8)55(65,71-41)51(61)52(62)57-26-17-16-20-42(57)53(63)69-46/h1,13-15,18-19,28,33,35-37,39-42,44-47,49-50,60,65H,16-17,20-27,29-32H2,2-11H3,(H,56,64)/b15-13+,18-14+,34-19+,38-28+/t33-,35-,36-,37-,39-,40+,41+,42+,44-,45+,46+,47-,49-,50+,55-/m1/s1. The van der Waals surface area contributed by atoms with Gasteiger partial charge in [0.15, 0.2) is 5.78 Å². The third-order valence-corrected chi connectivity index (χ3v) is 15.0. The van der Waals surface area contributed by atoms with Crippen molar-refractivity contribution in [2.75, 3.05) is 34.4 Å². The number of nitrogens with zero attached hydrogens (tertiary/aromatic N) is 1. The van der Waals surface area contributed by atoms with Gasteiger partial charge < -0.3 is 48.9 Å². The Kier molecular flexibility index (Phi) is 23.4. The van der Waals surface area contributed by atoms with Crippen LogP contribution in [0, 0.1) is 47.9 Å². The third kappa shape index (κ3) is 16.2. The second kappa shape index (κ2) is 28.1. The van der Waals surface area contributed by atoms with Gasteiger partial charge in [-0.2, -0.15) is 0 Å². The summed E-state index contributed by atoms with van der Waals surface area (Å²) in [7, 11) is 4.48. The van der Waals surface area contributed by atoms with Gasteiger partial charge in [0.25, 0.3) is 11.7 Å². The van der Waals surface area contributed by atoms with Crippen LogP contribution >= 0.6 is 0 Å². The van der Waals surface area contributed by atoms with Crippen LogP contribution in [0.4, 0.5) is 4.79 Å². The molecule has 3 heterocycles. The van der Waals surface area contributed by atoms with Crippen molar-refractivity contribution in [3.8, 4) is 12.3 Å². The summed E-state index contributed by atoms with van der Waals surface area (Å²) in [6, 6.07) is -1.18. The zero-order chi connectivity index (χ0) is 52.6. The number of ether oxygens (including phenoxy) is 6. The van der Waals surface area contributed by atoms with Gasteiger partial charge in [0.1, 0.15) is 36.2 Å². The van der Waals surface area contributed by atoms with Crippen LogP contribution in [-0.2, 0) is 52.4 Å². The van der Waals surface area contributed by atoms with Gasteiger partial charge in [-0.25, -0.2) is 9.59 Å². The number of aliphatic hydroxyl groups excluding tert-OH is 1. The highest BCUT2D eigenvalue weighted by molar-refractivity contribution is 6.39. The average Bonchev–Trinajstić information content (AvgIpc) is 3.35. The Hall–Kier alpha value is -4.50. The number of carbonyl (C=O) groups excluding carboxylic acids is 6. The summed E-state index contributed by atoms with van der Waals surface area (Å²) in [5.74, 6) is -6.02. The molecule has 3 fully saturated rings. The fourth-order valence-corrected chi connectivity index (χ4v) is 10.5. The van der Waals surface area contributed by atoms with Gasteiger partial charge in [-0.05, 0) is 107 Å². The second-order valence-corrected chi connectivity index (χ2v) is 20.5. The van der Waals surface area contributed by atoms with E-state index in [1.165, 1.54) is 12.0 Å². The summed E-state index contributed by atoms with van der Waals surface area (Å²) < 4.78 is 35.3. The Morgan fingerprint density at radius 1 is 0.915 bits per heavy atom. The number of fused-ring (bicyclic) bond motifs is 3. The summed E-state index contributed by atoms with van der Waals surface area (Å²) >= 11 is 0. The number of aliphatic hydroxyl groups is 2. The van der Waals surface area contributed by atoms with Crippen LogP contribution in [0.1, 0.15) is 126 Å². The summed E-state index contributed by atoms with van der Waals surface area (Å²) in [6.07, 6.45) is 15.1. The Balaban J connectivity index is 1.69. The van der Waals surface area contributed by atoms with Gasteiger partial charge in [-0.1, -0.05) is 77.0 Å². The Bertz CT molecular complexity index is 2010. The molecule has 0 aromatic rings. The molecule has 16 heteroatoms. The minimum absolute atomic E-state index is 0.00273. The first-order valence-electron chi connectivity index (χ1n) is 25.6. The van der Waals surface area contributed by atoms with Gasteiger partial charge in [-0.15, -0.1) is 6.42 Å². The molecule has 4 aliphatic rings. The molecule has 0 aromatic heterocycles. The molecule has 0 aromatic carbocycles. The van der Waals surface area contributed by atoms with E-state index in [2.05, 4.69) is 11.2 Å². The molecule has 0 spiro atoms. The molecule has 4 rings (SSSR count). The smallest absolute Gasteiger partial charge is 0.408 e. The first-order chi connectivity index (χ1) is 33.7. The van der Waals surface area contributed by atoms with Crippen LogP contribution in [0.25, 0.3) is 0 Å². The predicted molar refractivity (Wildman–Crippen MR) is 266 cm³/mol. The van der Waals surface area contributed by atoms with Gasteiger partial charge in [0.05, 0.1) is 24.9 Å². The zero-order valence-corrected chi connectivity index (χ0v) is 43.8. The molecule has 396 valence electrons. The number of piperidine rings is 1. The predicted octanol–water partition coefficient (Wildman–Crippen LogP) is 6.55. The second-order valence-electron chi connectivity index (χ2n) is 20.5. The van der Waals surface area contributed by atoms with Crippen LogP contribution in [0.15, 0.2) is 47.6 Å². The molecule has 15 atom stereocenters. The van der Waals surface area contributed by atoms with E-state index in [1.54, 1.807) is 48.0 Å². The van der Waals surface area contributed by atoms with Crippen LogP contribution in [-0.4, -0.2) is 139 Å². The van der Waals surface area contributed by atoms with E-state index < -0.39 is 102 Å². The first kappa shape index (κ1) is 59.1. The Labute approximate surface area is 421 Å². The number of allylic oxidation sites excluding steroid dienone is 6. The van der Waals surface area contributed by atoms with Crippen molar-refractivity contribution in [1.82, 2.24) is 10.2 Å². The monoisotopic (exact) mass is 995 g/mol. The number of alkyl carbamates (subject to hydrolysis) is 1. The lowest BCUT2D eigenvalue weighted by atomic mass is 9.78. The average molecular weight is 995 g/mol. The molecule has 2 saturated heterocycles. The van der Waals surface area contributed by atoms with E-state index in [0.717, 1.165) is 5.57 Å². The number of ketones is 3. The molecule has 1 saturated carbocycles. The number of carbonyl (C=O) groups is 6. The summed E-state index contributed by atoms with van der Waals surface area (Å²) in [4.78, 5) is 84.7. The fourth-order valence-electron chi connectivity index (χ4n) is 10.5. The fraction of sp³-hybridized carbons (Fsp3) is 0.709. The number of methoxy groups -OCH3 is 3. The van der Waals surface area contributed by atoms with Crippen LogP contribution in [0.3, 0.4) is 0 Å². The topological polar surface area (TPSA) is 214 Å². The lowest BCUT2D eigenvalue weighted by Crippen LogP contribution is -2.61. The normalized spacial score (nSPS) is 37.7. The van der Waals surface area contributed by atoms with E-state index in [0.29, 0.717) is 69.8 Å². The number of esters is 1. The minimum Gasteiger partial charge on any atom is -0.460 e. The van der Waals surface area contributed by atoms with Gasteiger partial charge >= 0.3 is 12.1 Å². The van der Waals surface area contributed by atoms with Crippen molar-refractivity contribution >= 4 is 35.3 Å². The van der Waals surface area contributed by atoms with Crippen molar-refractivity contribution in [3.05, 3.63) is 47.6 Å². The van der Waals surface area contributed by atoms with E-state index in [1.807, 2.05) is 51.2 Å². The Morgan fingerprint density at radius 3 is 2.32 bits per heavy atom. The van der Waals surface area contributed by atoms with E-state index in [4.69, 9.17) is 34.8 Å². The molecular weight excluding hydrogens is 913 g/mol. The molecule has 1 aliphatic carbocycles. The van der Waals surface area contributed by atoms with Crippen LogP contribution in [0.5, 0.6) is 0 Å². The molecule has 0 unspecified atom stereocenters. The molecule has 3 N–H and O–H groups in total. The first-order valence-corrected chi connectivity index (χ1v) is 25.6. The van der Waals surface area contributed by atoms with Crippen molar-refractivity contribution in [2.24, 2.45) is 35.5 Å². The zero-order valence-electron chi connectivity index (χ0n) is 43.8. The molecule has 16 nitrogen and oxygen atoms in total. The van der Waals surface area contributed by atoms with E-state index >= 15 is 0 Å². The Morgan fingerprint density at radius 2 is 1.65 bits per heavy atom.